The van der Waals surface area contributed by atoms with Crippen LogP contribution in [0.3, 0.4) is 0 Å². The van der Waals surface area contributed by atoms with Gasteiger partial charge in [-0.15, -0.1) is 11.3 Å². The summed E-state index contributed by atoms with van der Waals surface area (Å²) in [4.78, 5) is 15.4. The van der Waals surface area contributed by atoms with Crippen LogP contribution in [0.15, 0.2) is 35.8 Å². The Morgan fingerprint density at radius 3 is 2.87 bits per heavy atom. The van der Waals surface area contributed by atoms with E-state index in [1.807, 2.05) is 0 Å². The summed E-state index contributed by atoms with van der Waals surface area (Å²) in [5.41, 5.74) is 0.387. The van der Waals surface area contributed by atoms with E-state index in [1.165, 1.54) is 17.4 Å². The molecule has 76 valence electrons. The van der Waals surface area contributed by atoms with Crippen LogP contribution in [-0.2, 0) is 0 Å². The van der Waals surface area contributed by atoms with Gasteiger partial charge in [0.25, 0.3) is 5.91 Å². The number of amides is 1. The number of carbonyl (C=O) groups is 1. The number of nitrogens with one attached hydrogen (secondary N) is 1. The lowest BCUT2D eigenvalue weighted by atomic mass is 10.3. The van der Waals surface area contributed by atoms with Crippen molar-refractivity contribution in [3.05, 3.63) is 40.8 Å². The topological polar surface area (TPSA) is 62.2 Å². The van der Waals surface area contributed by atoms with Crippen molar-refractivity contribution >= 4 is 22.9 Å². The van der Waals surface area contributed by atoms with Crippen molar-refractivity contribution in [3.63, 3.8) is 0 Å². The number of anilines is 1. The lowest BCUT2D eigenvalue weighted by Crippen LogP contribution is -2.11. The number of aromatic nitrogens is 1. The maximum absolute atomic E-state index is 11.6. The van der Waals surface area contributed by atoms with E-state index in [9.17, 15) is 9.90 Å². The van der Waals surface area contributed by atoms with Gasteiger partial charge >= 0.3 is 0 Å². The quantitative estimate of drug-likeness (QED) is 0.762. The zero-order valence-corrected chi connectivity index (χ0v) is 8.49. The minimum atomic E-state index is -0.313. The van der Waals surface area contributed by atoms with Gasteiger partial charge in [0, 0.05) is 11.6 Å². The van der Waals surface area contributed by atoms with Crippen LogP contribution in [0.2, 0.25) is 0 Å². The van der Waals surface area contributed by atoms with Crippen LogP contribution >= 0.6 is 11.3 Å². The van der Waals surface area contributed by atoms with Gasteiger partial charge in [-0.3, -0.25) is 4.79 Å². The summed E-state index contributed by atoms with van der Waals surface area (Å²) in [6, 6.07) is 6.56. The van der Waals surface area contributed by atoms with Gasteiger partial charge in [0.05, 0.1) is 5.69 Å². The van der Waals surface area contributed by atoms with Crippen molar-refractivity contribution in [1.29, 1.82) is 0 Å². The Morgan fingerprint density at radius 2 is 2.20 bits per heavy atom. The largest absolute Gasteiger partial charge is 0.506 e. The Kier molecular flexibility index (Phi) is 2.64. The molecule has 0 saturated carbocycles. The van der Waals surface area contributed by atoms with Crippen molar-refractivity contribution in [3.8, 4) is 5.75 Å². The normalized spacial score (nSPS) is 9.87. The van der Waals surface area contributed by atoms with Crippen LogP contribution in [0, 0.1) is 0 Å². The molecule has 0 fully saturated rings. The van der Waals surface area contributed by atoms with Crippen LogP contribution in [0.1, 0.15) is 9.80 Å². The first-order valence-corrected chi connectivity index (χ1v) is 5.14. The third-order valence-electron chi connectivity index (χ3n) is 1.78. The first kappa shape index (κ1) is 9.67. The molecule has 0 bridgehead atoms. The molecule has 0 spiro atoms. The molecule has 2 rings (SSSR count). The molecule has 1 heterocycles. The highest BCUT2D eigenvalue weighted by Crippen LogP contribution is 2.22. The maximum Gasteiger partial charge on any atom is 0.284 e. The summed E-state index contributed by atoms with van der Waals surface area (Å²) in [7, 11) is 0. The molecule has 4 nitrogen and oxygen atoms in total. The Hall–Kier alpha value is -1.88. The van der Waals surface area contributed by atoms with Crippen molar-refractivity contribution < 1.29 is 9.90 Å². The molecule has 1 aromatic carbocycles. The molecule has 0 radical (unpaired) electrons. The SMILES string of the molecule is O=C(Nc1ccccc1O)c1nccs1. The molecule has 0 aliphatic carbocycles. The van der Waals surface area contributed by atoms with E-state index in [0.29, 0.717) is 10.7 Å². The van der Waals surface area contributed by atoms with Gasteiger partial charge in [-0.05, 0) is 12.1 Å². The Morgan fingerprint density at radius 1 is 1.40 bits per heavy atom. The van der Waals surface area contributed by atoms with E-state index >= 15 is 0 Å². The Labute approximate surface area is 90.2 Å². The average molecular weight is 220 g/mol. The monoisotopic (exact) mass is 220 g/mol. The summed E-state index contributed by atoms with van der Waals surface area (Å²) >= 11 is 1.25. The van der Waals surface area contributed by atoms with Crippen LogP contribution in [0.5, 0.6) is 5.75 Å². The lowest BCUT2D eigenvalue weighted by Gasteiger charge is -2.04. The Balaban J connectivity index is 2.17. The zero-order valence-electron chi connectivity index (χ0n) is 7.68. The van der Waals surface area contributed by atoms with Gasteiger partial charge in [-0.2, -0.15) is 0 Å². The van der Waals surface area contributed by atoms with Crippen LogP contribution < -0.4 is 5.32 Å². The van der Waals surface area contributed by atoms with Crippen molar-refractivity contribution in [2.24, 2.45) is 0 Å². The predicted octanol–water partition coefficient (Wildman–Crippen LogP) is 2.10. The van der Waals surface area contributed by atoms with Crippen molar-refractivity contribution in [2.45, 2.75) is 0 Å². The molecule has 0 saturated heterocycles. The summed E-state index contributed by atoms with van der Waals surface area (Å²) < 4.78 is 0. The van der Waals surface area contributed by atoms with E-state index in [2.05, 4.69) is 10.3 Å². The second-order valence-corrected chi connectivity index (χ2v) is 3.70. The van der Waals surface area contributed by atoms with Gasteiger partial charge in [0.1, 0.15) is 5.75 Å². The third kappa shape index (κ3) is 2.13. The zero-order chi connectivity index (χ0) is 10.7. The van der Waals surface area contributed by atoms with Gasteiger partial charge in [-0.25, -0.2) is 4.98 Å². The Bertz CT molecular complexity index is 468. The van der Waals surface area contributed by atoms with E-state index in [-0.39, 0.29) is 11.7 Å². The number of hydrogen-bond acceptors (Lipinski definition) is 4. The van der Waals surface area contributed by atoms with Gasteiger partial charge in [0.2, 0.25) is 0 Å². The molecule has 0 aliphatic heterocycles. The molecule has 0 atom stereocenters. The van der Waals surface area contributed by atoms with Gasteiger partial charge in [-0.1, -0.05) is 12.1 Å². The minimum Gasteiger partial charge on any atom is -0.506 e. The standard InChI is InChI=1S/C10H8N2O2S/c13-8-4-2-1-3-7(8)12-9(14)10-11-5-6-15-10/h1-6,13H,(H,12,14). The lowest BCUT2D eigenvalue weighted by molar-refractivity contribution is 0.102. The number of para-hydroxylation sites is 2. The number of benzene rings is 1. The highest BCUT2D eigenvalue weighted by Gasteiger charge is 2.09. The highest BCUT2D eigenvalue weighted by molar-refractivity contribution is 7.11. The van der Waals surface area contributed by atoms with Crippen molar-refractivity contribution in [2.75, 3.05) is 5.32 Å². The molecule has 1 amide bonds. The molecule has 2 N–H and O–H groups in total. The predicted molar refractivity (Wildman–Crippen MR) is 58.2 cm³/mol. The smallest absolute Gasteiger partial charge is 0.284 e. The highest BCUT2D eigenvalue weighted by atomic mass is 32.1. The fourth-order valence-corrected chi connectivity index (χ4v) is 1.62. The van der Waals surface area contributed by atoms with Crippen LogP contribution in [0.4, 0.5) is 5.69 Å². The van der Waals surface area contributed by atoms with Gasteiger partial charge < -0.3 is 10.4 Å². The summed E-state index contributed by atoms with van der Waals surface area (Å²) in [6.07, 6.45) is 1.56. The van der Waals surface area contributed by atoms with E-state index in [1.54, 1.807) is 29.8 Å². The number of hydrogen-bond donors (Lipinski definition) is 2. The first-order chi connectivity index (χ1) is 7.27. The molecular weight excluding hydrogens is 212 g/mol. The molecule has 5 heteroatoms. The number of aromatic hydroxyl groups is 1. The number of nitrogens with zero attached hydrogens (tertiary/aromatic N) is 1. The molecular formula is C10H8N2O2S. The molecule has 0 unspecified atom stereocenters. The molecule has 1 aromatic heterocycles. The van der Waals surface area contributed by atoms with E-state index in [0.717, 1.165) is 0 Å². The minimum absolute atomic E-state index is 0.0439. The average Bonchev–Trinajstić information content (AvgIpc) is 2.74. The number of carbonyl (C=O) groups excluding carboxylic acids is 1. The number of phenolic OH excluding ortho intramolecular Hbond substituents is 1. The summed E-state index contributed by atoms with van der Waals surface area (Å²) in [6.45, 7) is 0. The van der Waals surface area contributed by atoms with Crippen LogP contribution in [0.25, 0.3) is 0 Å². The molecule has 0 aliphatic rings. The molecule has 2 aromatic rings. The summed E-state index contributed by atoms with van der Waals surface area (Å²) in [5.74, 6) is -0.270. The first-order valence-electron chi connectivity index (χ1n) is 4.26. The van der Waals surface area contributed by atoms with E-state index in [4.69, 9.17) is 0 Å². The third-order valence-corrected chi connectivity index (χ3v) is 2.55. The molecule has 15 heavy (non-hydrogen) atoms. The number of thiazole rings is 1. The number of rotatable bonds is 2. The van der Waals surface area contributed by atoms with Gasteiger partial charge in [0.15, 0.2) is 5.01 Å². The second-order valence-electron chi connectivity index (χ2n) is 2.81. The van der Waals surface area contributed by atoms with Crippen molar-refractivity contribution in [1.82, 2.24) is 4.98 Å². The van der Waals surface area contributed by atoms with E-state index < -0.39 is 0 Å². The summed E-state index contributed by atoms with van der Waals surface area (Å²) in [5, 5.41) is 14.1. The number of phenols is 1. The fraction of sp³-hybridized carbons (Fsp3) is 0. The maximum atomic E-state index is 11.6. The van der Waals surface area contributed by atoms with Crippen LogP contribution in [-0.4, -0.2) is 16.0 Å². The second kappa shape index (κ2) is 4.10. The fourth-order valence-electron chi connectivity index (χ4n) is 1.09.